The molecule has 5 heterocycles. The number of amides is 1. The second kappa shape index (κ2) is 14.8. The normalized spacial score (nSPS) is 17.4. The Morgan fingerprint density at radius 3 is 2.67 bits per heavy atom. The molecule has 0 saturated carbocycles. The number of carbonyl (C=O) groups excluding carboxylic acids is 1. The van der Waals surface area contributed by atoms with Gasteiger partial charge in [0.25, 0.3) is 0 Å². The van der Waals surface area contributed by atoms with E-state index in [0.717, 1.165) is 49.9 Å². The number of hydrogen-bond acceptors (Lipinski definition) is 10. The predicted molar refractivity (Wildman–Crippen MR) is 180 cm³/mol. The molecule has 12 nitrogen and oxygen atoms in total. The van der Waals surface area contributed by atoms with Gasteiger partial charge in [-0.3, -0.25) is 0 Å². The zero-order chi connectivity index (χ0) is 33.7. The molecule has 256 valence electrons. The van der Waals surface area contributed by atoms with Gasteiger partial charge < -0.3 is 34.4 Å². The molecule has 13 heteroatoms. The van der Waals surface area contributed by atoms with Gasteiger partial charge in [0, 0.05) is 62.2 Å². The number of piperidine rings is 1. The number of nitrogens with zero attached hydrogens (tertiary/aromatic N) is 6. The summed E-state index contributed by atoms with van der Waals surface area (Å²) in [4.78, 5) is 26.3. The molecule has 6 rings (SSSR count). The number of pyridine rings is 2. The summed E-state index contributed by atoms with van der Waals surface area (Å²) in [5.74, 6) is 0.777. The number of likely N-dealkylation sites (tertiary alicyclic amines) is 1. The first kappa shape index (κ1) is 33.6. The molecule has 2 N–H and O–H groups in total. The van der Waals surface area contributed by atoms with E-state index in [2.05, 4.69) is 20.3 Å². The van der Waals surface area contributed by atoms with Crippen molar-refractivity contribution in [1.29, 1.82) is 0 Å². The van der Waals surface area contributed by atoms with Crippen molar-refractivity contribution in [1.82, 2.24) is 24.6 Å². The fraction of sp³-hybridized carbons (Fsp3) is 0.486. The standard InChI is InChI=1S/C35H44FN7O5/c1-35(2,3)48-34(45)41-14-12-26(13-15-41)42(17-19-47-33-6-4-5-18-46-33)32-10-7-24-22-37-31(21-30(24)39-32)38-29-9-8-27(20-28(29)36)43-16-11-25(23-44)40-43/h7-11,16,20-22,26,33,44H,4-6,12-15,17-19,23H2,1-3H3,(H,37,38). The van der Waals surface area contributed by atoms with Gasteiger partial charge >= 0.3 is 6.09 Å². The highest BCUT2D eigenvalue weighted by molar-refractivity contribution is 5.82. The third-order valence-electron chi connectivity index (χ3n) is 8.47. The summed E-state index contributed by atoms with van der Waals surface area (Å²) >= 11 is 0. The number of benzene rings is 1. The number of halogens is 1. The summed E-state index contributed by atoms with van der Waals surface area (Å²) in [6.45, 7) is 8.42. The first-order chi connectivity index (χ1) is 23.1. The highest BCUT2D eigenvalue weighted by atomic mass is 19.1. The van der Waals surface area contributed by atoms with Crippen molar-refractivity contribution in [3.8, 4) is 5.69 Å². The second-order valence-corrected chi connectivity index (χ2v) is 13.2. The smallest absolute Gasteiger partial charge is 0.410 e. The number of carbonyl (C=O) groups is 1. The van der Waals surface area contributed by atoms with Crippen molar-refractivity contribution in [3.05, 3.63) is 66.4 Å². The number of aliphatic hydroxyl groups excluding tert-OH is 1. The molecule has 1 atom stereocenters. The van der Waals surface area contributed by atoms with Gasteiger partial charge in [-0.25, -0.2) is 23.8 Å². The van der Waals surface area contributed by atoms with Crippen molar-refractivity contribution in [2.24, 2.45) is 0 Å². The Balaban J connectivity index is 1.19. The van der Waals surface area contributed by atoms with E-state index in [0.29, 0.717) is 49.0 Å². The van der Waals surface area contributed by atoms with Crippen LogP contribution in [0.5, 0.6) is 0 Å². The van der Waals surface area contributed by atoms with E-state index in [4.69, 9.17) is 19.2 Å². The molecule has 4 aromatic rings. The topological polar surface area (TPSA) is 127 Å². The minimum absolute atomic E-state index is 0.139. The Morgan fingerprint density at radius 2 is 1.96 bits per heavy atom. The molecule has 2 saturated heterocycles. The van der Waals surface area contributed by atoms with Gasteiger partial charge in [0.1, 0.15) is 23.1 Å². The van der Waals surface area contributed by atoms with E-state index in [1.807, 2.05) is 39.0 Å². The molecule has 1 amide bonds. The summed E-state index contributed by atoms with van der Waals surface area (Å²) in [7, 11) is 0. The van der Waals surface area contributed by atoms with Gasteiger partial charge in [0.2, 0.25) is 0 Å². The number of rotatable bonds is 10. The molecular formula is C35H44FN7O5. The van der Waals surface area contributed by atoms with E-state index in [9.17, 15) is 9.90 Å². The van der Waals surface area contributed by atoms with Crippen molar-refractivity contribution in [3.63, 3.8) is 0 Å². The fourth-order valence-electron chi connectivity index (χ4n) is 6.01. The molecular weight excluding hydrogens is 617 g/mol. The van der Waals surface area contributed by atoms with Crippen LogP contribution in [0.2, 0.25) is 0 Å². The van der Waals surface area contributed by atoms with E-state index < -0.39 is 11.4 Å². The third-order valence-corrected chi connectivity index (χ3v) is 8.47. The highest BCUT2D eigenvalue weighted by Crippen LogP contribution is 2.28. The maximum atomic E-state index is 15.2. The van der Waals surface area contributed by atoms with Crippen molar-refractivity contribution in [2.75, 3.05) is 43.1 Å². The molecule has 3 aromatic heterocycles. The molecule has 2 fully saturated rings. The molecule has 1 unspecified atom stereocenters. The van der Waals surface area contributed by atoms with Crippen LogP contribution in [0.15, 0.2) is 54.9 Å². The monoisotopic (exact) mass is 661 g/mol. The Kier molecular flexibility index (Phi) is 10.4. The van der Waals surface area contributed by atoms with Crippen LogP contribution in [0, 0.1) is 5.82 Å². The summed E-state index contributed by atoms with van der Waals surface area (Å²) < 4.78 is 34.2. The summed E-state index contributed by atoms with van der Waals surface area (Å²) in [5, 5.41) is 17.5. The van der Waals surface area contributed by atoms with Crippen LogP contribution >= 0.6 is 0 Å². The van der Waals surface area contributed by atoms with Crippen LogP contribution in [0.25, 0.3) is 16.6 Å². The first-order valence-electron chi connectivity index (χ1n) is 16.6. The largest absolute Gasteiger partial charge is 0.444 e. The van der Waals surface area contributed by atoms with Crippen LogP contribution in [-0.2, 0) is 20.8 Å². The van der Waals surface area contributed by atoms with Gasteiger partial charge in [0.15, 0.2) is 6.29 Å². The number of aromatic nitrogens is 4. The molecule has 1 aromatic carbocycles. The van der Waals surface area contributed by atoms with Crippen molar-refractivity contribution in [2.45, 2.75) is 77.4 Å². The third kappa shape index (κ3) is 8.38. The summed E-state index contributed by atoms with van der Waals surface area (Å²) in [6, 6.07) is 12.3. The quantitative estimate of drug-likeness (QED) is 0.211. The van der Waals surface area contributed by atoms with E-state index in [-0.39, 0.29) is 30.7 Å². The molecule has 0 aliphatic carbocycles. The van der Waals surface area contributed by atoms with Crippen LogP contribution < -0.4 is 10.2 Å². The first-order valence-corrected chi connectivity index (χ1v) is 16.6. The van der Waals surface area contributed by atoms with Crippen LogP contribution in [0.1, 0.15) is 58.6 Å². The number of anilines is 3. The average molecular weight is 662 g/mol. The number of hydrogen-bond donors (Lipinski definition) is 2. The van der Waals surface area contributed by atoms with Gasteiger partial charge in [-0.2, -0.15) is 5.10 Å². The fourth-order valence-corrected chi connectivity index (χ4v) is 6.01. The number of nitrogens with one attached hydrogen (secondary N) is 1. The van der Waals surface area contributed by atoms with Gasteiger partial charge in [0.05, 0.1) is 35.8 Å². The molecule has 2 aliphatic rings. The minimum atomic E-state index is -0.545. The van der Waals surface area contributed by atoms with Gasteiger partial charge in [-0.15, -0.1) is 0 Å². The van der Waals surface area contributed by atoms with Crippen LogP contribution in [0.3, 0.4) is 0 Å². The SMILES string of the molecule is CC(C)(C)OC(=O)N1CCC(N(CCOC2CCCCO2)c2ccc3cnc(Nc4ccc(-n5ccc(CO)n5)cc4F)cc3n2)CC1. The molecule has 0 radical (unpaired) electrons. The Bertz CT molecular complexity index is 1700. The molecule has 48 heavy (non-hydrogen) atoms. The lowest BCUT2D eigenvalue weighted by molar-refractivity contribution is -0.160. The molecule has 0 bridgehead atoms. The molecule has 2 aliphatic heterocycles. The highest BCUT2D eigenvalue weighted by Gasteiger charge is 2.30. The summed E-state index contributed by atoms with van der Waals surface area (Å²) in [5.41, 5.74) is 1.46. The zero-order valence-corrected chi connectivity index (χ0v) is 27.8. The Labute approximate surface area is 279 Å². The molecule has 0 spiro atoms. The van der Waals surface area contributed by atoms with Crippen molar-refractivity contribution >= 4 is 34.3 Å². The van der Waals surface area contributed by atoms with Crippen LogP contribution in [0.4, 0.5) is 26.5 Å². The predicted octanol–water partition coefficient (Wildman–Crippen LogP) is 5.94. The number of ether oxygens (including phenoxy) is 3. The maximum Gasteiger partial charge on any atom is 0.410 e. The van der Waals surface area contributed by atoms with E-state index in [1.54, 1.807) is 35.5 Å². The van der Waals surface area contributed by atoms with Gasteiger partial charge in [-0.05, 0) is 83.2 Å². The van der Waals surface area contributed by atoms with Crippen LogP contribution in [-0.4, -0.2) is 86.6 Å². The Morgan fingerprint density at radius 1 is 1.12 bits per heavy atom. The zero-order valence-electron chi connectivity index (χ0n) is 27.8. The number of aliphatic hydroxyl groups is 1. The second-order valence-electron chi connectivity index (χ2n) is 13.2. The minimum Gasteiger partial charge on any atom is -0.444 e. The lowest BCUT2D eigenvalue weighted by atomic mass is 10.0. The lowest BCUT2D eigenvalue weighted by Crippen LogP contribution is -2.49. The van der Waals surface area contributed by atoms with E-state index in [1.165, 1.54) is 10.7 Å². The Hall–Kier alpha value is -4.33. The maximum absolute atomic E-state index is 15.2. The van der Waals surface area contributed by atoms with E-state index >= 15 is 4.39 Å². The number of fused-ring (bicyclic) bond motifs is 1. The van der Waals surface area contributed by atoms with Crippen molar-refractivity contribution < 1.29 is 28.5 Å². The average Bonchev–Trinajstić information content (AvgIpc) is 3.57. The summed E-state index contributed by atoms with van der Waals surface area (Å²) in [6.07, 6.45) is 7.48. The lowest BCUT2D eigenvalue weighted by Gasteiger charge is -2.39. The van der Waals surface area contributed by atoms with Gasteiger partial charge in [-0.1, -0.05) is 0 Å².